The normalized spacial score (nSPS) is 18.6. The number of carbonyl (C=O) groups is 1. The number of anilines is 1. The van der Waals surface area contributed by atoms with Crippen molar-refractivity contribution in [2.45, 2.75) is 45.6 Å². The molecule has 0 atom stereocenters. The van der Waals surface area contributed by atoms with Crippen LogP contribution >= 0.6 is 0 Å². The number of amides is 1. The van der Waals surface area contributed by atoms with Crippen LogP contribution in [0.4, 0.5) is 10.1 Å². The van der Waals surface area contributed by atoms with Crippen molar-refractivity contribution < 1.29 is 9.18 Å². The fourth-order valence-electron chi connectivity index (χ4n) is 2.77. The predicted molar refractivity (Wildman–Crippen MR) is 79.4 cm³/mol. The Balaban J connectivity index is 2.04. The molecule has 0 unspecified atom stereocenters. The van der Waals surface area contributed by atoms with Crippen molar-refractivity contribution in [1.29, 1.82) is 0 Å². The maximum absolute atomic E-state index is 13.6. The highest BCUT2D eigenvalue weighted by atomic mass is 19.1. The topological polar surface area (TPSA) is 41.1 Å². The summed E-state index contributed by atoms with van der Waals surface area (Å²) in [5.74, 6) is -0.594. The molecule has 0 aliphatic heterocycles. The minimum Gasteiger partial charge on any atom is -0.385 e. The molecule has 0 heterocycles. The van der Waals surface area contributed by atoms with Crippen LogP contribution in [0.2, 0.25) is 0 Å². The molecule has 4 heteroatoms. The van der Waals surface area contributed by atoms with E-state index in [9.17, 15) is 9.18 Å². The van der Waals surface area contributed by atoms with Crippen molar-refractivity contribution in [1.82, 2.24) is 5.32 Å². The summed E-state index contributed by atoms with van der Waals surface area (Å²) in [6, 6.07) is 4.76. The molecule has 0 spiro atoms. The van der Waals surface area contributed by atoms with Crippen molar-refractivity contribution in [3.8, 4) is 0 Å². The first kappa shape index (κ1) is 14.8. The fourth-order valence-corrected chi connectivity index (χ4v) is 2.77. The van der Waals surface area contributed by atoms with Crippen molar-refractivity contribution in [3.63, 3.8) is 0 Å². The van der Waals surface area contributed by atoms with Crippen molar-refractivity contribution in [2.24, 2.45) is 5.41 Å². The lowest BCUT2D eigenvalue weighted by atomic mass is 9.75. The molecule has 0 aromatic heterocycles. The quantitative estimate of drug-likeness (QED) is 0.887. The summed E-state index contributed by atoms with van der Waals surface area (Å²) < 4.78 is 13.6. The SMILES string of the molecule is CNc1c(F)cccc1C(=O)NC1CCC(C)(C)CC1. The molecule has 1 saturated carbocycles. The summed E-state index contributed by atoms with van der Waals surface area (Å²) in [6.07, 6.45) is 4.20. The Morgan fingerprint density at radius 3 is 2.55 bits per heavy atom. The van der Waals surface area contributed by atoms with Gasteiger partial charge < -0.3 is 10.6 Å². The zero-order chi connectivity index (χ0) is 14.8. The number of carbonyl (C=O) groups excluding carboxylic acids is 1. The number of halogens is 1. The Hall–Kier alpha value is -1.58. The molecule has 0 radical (unpaired) electrons. The summed E-state index contributed by atoms with van der Waals surface area (Å²) in [6.45, 7) is 4.52. The lowest BCUT2D eigenvalue weighted by Crippen LogP contribution is -2.39. The smallest absolute Gasteiger partial charge is 0.253 e. The fraction of sp³-hybridized carbons (Fsp3) is 0.562. The van der Waals surface area contributed by atoms with E-state index < -0.39 is 5.82 Å². The van der Waals surface area contributed by atoms with Gasteiger partial charge >= 0.3 is 0 Å². The second kappa shape index (κ2) is 5.81. The van der Waals surface area contributed by atoms with Crippen LogP contribution in [0.5, 0.6) is 0 Å². The second-order valence-corrected chi connectivity index (χ2v) is 6.32. The molecular weight excluding hydrogens is 255 g/mol. The minimum absolute atomic E-state index is 0.196. The third-order valence-electron chi connectivity index (χ3n) is 4.18. The highest BCUT2D eigenvalue weighted by Crippen LogP contribution is 2.35. The van der Waals surface area contributed by atoms with Gasteiger partial charge in [-0.1, -0.05) is 19.9 Å². The molecular formula is C16H23FN2O. The summed E-state index contributed by atoms with van der Waals surface area (Å²) in [5, 5.41) is 5.79. The molecule has 110 valence electrons. The Morgan fingerprint density at radius 1 is 1.30 bits per heavy atom. The number of para-hydroxylation sites is 1. The van der Waals surface area contributed by atoms with E-state index in [0.29, 0.717) is 11.0 Å². The molecule has 1 fully saturated rings. The Bertz CT molecular complexity index is 489. The first-order valence-corrected chi connectivity index (χ1v) is 7.20. The standard InChI is InChI=1S/C16H23FN2O/c1-16(2)9-7-11(8-10-16)19-15(20)12-5-4-6-13(17)14(12)18-3/h4-6,11,18H,7-10H2,1-3H3,(H,19,20). The zero-order valence-electron chi connectivity index (χ0n) is 12.4. The van der Waals surface area contributed by atoms with Gasteiger partial charge in [-0.15, -0.1) is 0 Å². The molecule has 0 bridgehead atoms. The largest absolute Gasteiger partial charge is 0.385 e. The van der Waals surface area contributed by atoms with E-state index in [4.69, 9.17) is 0 Å². The molecule has 2 N–H and O–H groups in total. The average molecular weight is 278 g/mol. The van der Waals surface area contributed by atoms with Gasteiger partial charge in [0.25, 0.3) is 5.91 Å². The van der Waals surface area contributed by atoms with Gasteiger partial charge in [0.2, 0.25) is 0 Å². The maximum atomic E-state index is 13.6. The van der Waals surface area contributed by atoms with Crippen LogP contribution in [0.25, 0.3) is 0 Å². The average Bonchev–Trinajstić information content (AvgIpc) is 2.41. The number of benzene rings is 1. The van der Waals surface area contributed by atoms with Gasteiger partial charge in [-0.05, 0) is 43.2 Å². The Kier molecular flexibility index (Phi) is 4.31. The summed E-state index contributed by atoms with van der Waals surface area (Å²) in [4.78, 5) is 12.3. The second-order valence-electron chi connectivity index (χ2n) is 6.32. The van der Waals surface area contributed by atoms with E-state index in [0.717, 1.165) is 25.7 Å². The van der Waals surface area contributed by atoms with Crippen LogP contribution < -0.4 is 10.6 Å². The first-order valence-electron chi connectivity index (χ1n) is 7.20. The zero-order valence-corrected chi connectivity index (χ0v) is 12.4. The maximum Gasteiger partial charge on any atom is 0.253 e. The molecule has 2 rings (SSSR count). The Labute approximate surface area is 120 Å². The molecule has 1 aromatic carbocycles. The highest BCUT2D eigenvalue weighted by molar-refractivity contribution is 5.99. The molecule has 1 aromatic rings. The highest BCUT2D eigenvalue weighted by Gasteiger charge is 2.28. The summed E-state index contributed by atoms with van der Waals surface area (Å²) >= 11 is 0. The number of nitrogens with one attached hydrogen (secondary N) is 2. The van der Waals surface area contributed by atoms with Gasteiger partial charge in [-0.25, -0.2) is 4.39 Å². The molecule has 1 aliphatic carbocycles. The third-order valence-corrected chi connectivity index (χ3v) is 4.18. The van der Waals surface area contributed by atoms with Crippen LogP contribution in [0, 0.1) is 11.2 Å². The van der Waals surface area contributed by atoms with Gasteiger partial charge in [0.05, 0.1) is 11.3 Å². The van der Waals surface area contributed by atoms with Crippen LogP contribution in [-0.2, 0) is 0 Å². The van der Waals surface area contributed by atoms with Gasteiger partial charge in [0.15, 0.2) is 0 Å². The van der Waals surface area contributed by atoms with Crippen LogP contribution in [0.1, 0.15) is 49.9 Å². The molecule has 0 saturated heterocycles. The Morgan fingerprint density at radius 2 is 1.95 bits per heavy atom. The van der Waals surface area contributed by atoms with Gasteiger partial charge in [0, 0.05) is 13.1 Å². The van der Waals surface area contributed by atoms with Crippen LogP contribution in [0.3, 0.4) is 0 Å². The molecule has 20 heavy (non-hydrogen) atoms. The minimum atomic E-state index is -0.398. The van der Waals surface area contributed by atoms with E-state index in [1.807, 2.05) is 0 Å². The summed E-state index contributed by atoms with van der Waals surface area (Å²) in [5.41, 5.74) is 1.01. The lowest BCUT2D eigenvalue weighted by molar-refractivity contribution is 0.0909. The predicted octanol–water partition coefficient (Wildman–Crippen LogP) is 3.57. The van der Waals surface area contributed by atoms with Gasteiger partial charge in [0.1, 0.15) is 5.82 Å². The third kappa shape index (κ3) is 3.30. The van der Waals surface area contributed by atoms with Crippen molar-refractivity contribution in [2.75, 3.05) is 12.4 Å². The summed E-state index contributed by atoms with van der Waals surface area (Å²) in [7, 11) is 1.62. The van der Waals surface area contributed by atoms with Crippen LogP contribution in [-0.4, -0.2) is 19.0 Å². The van der Waals surface area contributed by atoms with E-state index in [2.05, 4.69) is 24.5 Å². The van der Waals surface area contributed by atoms with E-state index in [1.165, 1.54) is 6.07 Å². The van der Waals surface area contributed by atoms with Crippen molar-refractivity contribution >= 4 is 11.6 Å². The van der Waals surface area contributed by atoms with E-state index >= 15 is 0 Å². The van der Waals surface area contributed by atoms with Gasteiger partial charge in [-0.3, -0.25) is 4.79 Å². The van der Waals surface area contributed by atoms with Crippen molar-refractivity contribution in [3.05, 3.63) is 29.6 Å². The van der Waals surface area contributed by atoms with Gasteiger partial charge in [-0.2, -0.15) is 0 Å². The van der Waals surface area contributed by atoms with Crippen LogP contribution in [0.15, 0.2) is 18.2 Å². The number of hydrogen-bond donors (Lipinski definition) is 2. The molecule has 1 amide bonds. The van der Waals surface area contributed by atoms with E-state index in [1.54, 1.807) is 19.2 Å². The van der Waals surface area contributed by atoms with E-state index in [-0.39, 0.29) is 17.6 Å². The first-order chi connectivity index (χ1) is 9.43. The molecule has 3 nitrogen and oxygen atoms in total. The molecule has 1 aliphatic rings. The number of hydrogen-bond acceptors (Lipinski definition) is 2. The lowest BCUT2D eigenvalue weighted by Gasteiger charge is -2.34. The number of rotatable bonds is 3. The monoisotopic (exact) mass is 278 g/mol.